The molecule has 0 spiro atoms. The van der Waals surface area contributed by atoms with Gasteiger partial charge in [0.1, 0.15) is 17.4 Å². The molecule has 8 heteroatoms. The minimum Gasteiger partial charge on any atom is -0.486 e. The van der Waals surface area contributed by atoms with Crippen molar-refractivity contribution in [3.8, 4) is 16.3 Å². The molecule has 0 aliphatic heterocycles. The van der Waals surface area contributed by atoms with Crippen LogP contribution in [0.25, 0.3) is 10.6 Å². The van der Waals surface area contributed by atoms with E-state index in [1.54, 1.807) is 23.1 Å². The Morgan fingerprint density at radius 2 is 1.94 bits per heavy atom. The number of hydrogen-bond acceptors (Lipinski definition) is 6. The van der Waals surface area contributed by atoms with Crippen LogP contribution in [0.2, 0.25) is 5.02 Å². The van der Waals surface area contributed by atoms with E-state index < -0.39 is 0 Å². The number of halogens is 1. The molecular formula is C25H25ClN4OS2. The molecule has 0 saturated heterocycles. The minimum absolute atomic E-state index is 0.343. The molecule has 5 nitrogen and oxygen atoms in total. The summed E-state index contributed by atoms with van der Waals surface area (Å²) in [5.41, 5.74) is 3.22. The highest BCUT2D eigenvalue weighted by atomic mass is 35.5. The van der Waals surface area contributed by atoms with Gasteiger partial charge in [-0.15, -0.1) is 28.1 Å². The summed E-state index contributed by atoms with van der Waals surface area (Å²) >= 11 is 9.50. The monoisotopic (exact) mass is 496 g/mol. The predicted octanol–water partition coefficient (Wildman–Crippen LogP) is 7.24. The van der Waals surface area contributed by atoms with Gasteiger partial charge in [-0.3, -0.25) is 4.57 Å². The van der Waals surface area contributed by atoms with Gasteiger partial charge in [0, 0.05) is 23.2 Å². The number of rotatable bonds is 10. The van der Waals surface area contributed by atoms with Gasteiger partial charge < -0.3 is 4.74 Å². The summed E-state index contributed by atoms with van der Waals surface area (Å²) in [5, 5.41) is 13.2. The van der Waals surface area contributed by atoms with Crippen LogP contribution in [0.4, 0.5) is 0 Å². The normalized spacial score (nSPS) is 11.2. The van der Waals surface area contributed by atoms with Crippen molar-refractivity contribution in [3.63, 3.8) is 0 Å². The molecule has 0 atom stereocenters. The molecule has 2 heterocycles. The number of hydrogen-bond donors (Lipinski definition) is 0. The van der Waals surface area contributed by atoms with Crippen molar-refractivity contribution in [2.24, 2.45) is 0 Å². The standard InChI is InChI=1S/C25H25ClN4OS2/c1-4-13-30-23(14-31-20-11-9-18(10-12-20)17(2)3)28-29-25(30)33-16-19-15-32-24(27-19)21-7-5-6-8-22(21)26/h4-12,15,17H,1,13-14,16H2,2-3H3. The first-order valence-corrected chi connectivity index (χ1v) is 12.9. The second-order valence-electron chi connectivity index (χ2n) is 7.72. The van der Waals surface area contributed by atoms with Crippen LogP contribution in [0.1, 0.15) is 36.8 Å². The Bertz CT molecular complexity index is 1220. The van der Waals surface area contributed by atoms with E-state index in [1.807, 2.05) is 47.0 Å². The Morgan fingerprint density at radius 3 is 2.67 bits per heavy atom. The fraction of sp³-hybridized carbons (Fsp3) is 0.240. The predicted molar refractivity (Wildman–Crippen MR) is 137 cm³/mol. The number of aromatic nitrogens is 4. The van der Waals surface area contributed by atoms with Crippen LogP contribution in [-0.2, 0) is 18.9 Å². The zero-order valence-corrected chi connectivity index (χ0v) is 21.0. The first-order valence-electron chi connectivity index (χ1n) is 10.6. The third kappa shape index (κ3) is 5.85. The lowest BCUT2D eigenvalue weighted by Gasteiger charge is -2.10. The number of allylic oxidation sites excluding steroid dienone is 1. The van der Waals surface area contributed by atoms with Crippen LogP contribution in [0, 0.1) is 0 Å². The van der Waals surface area contributed by atoms with Crippen LogP contribution >= 0.6 is 34.7 Å². The lowest BCUT2D eigenvalue weighted by molar-refractivity contribution is 0.289. The summed E-state index contributed by atoms with van der Waals surface area (Å²) in [7, 11) is 0. The summed E-state index contributed by atoms with van der Waals surface area (Å²) in [6.07, 6.45) is 1.84. The van der Waals surface area contributed by atoms with Gasteiger partial charge in [-0.2, -0.15) is 0 Å². The summed E-state index contributed by atoms with van der Waals surface area (Å²) in [4.78, 5) is 4.75. The van der Waals surface area contributed by atoms with Gasteiger partial charge in [0.25, 0.3) is 0 Å². The summed E-state index contributed by atoms with van der Waals surface area (Å²) in [6, 6.07) is 16.0. The summed E-state index contributed by atoms with van der Waals surface area (Å²) in [5.74, 6) is 2.76. The smallest absolute Gasteiger partial charge is 0.191 e. The van der Waals surface area contributed by atoms with E-state index in [1.165, 1.54) is 5.56 Å². The molecule has 4 rings (SSSR count). The SMILES string of the molecule is C=CCn1c(COc2ccc(C(C)C)cc2)nnc1SCc1csc(-c2ccccc2Cl)n1. The molecule has 0 bridgehead atoms. The van der Waals surface area contributed by atoms with E-state index in [0.717, 1.165) is 33.0 Å². The first kappa shape index (κ1) is 23.5. The third-order valence-corrected chi connectivity index (χ3v) is 7.28. The first-order chi connectivity index (χ1) is 16.0. The topological polar surface area (TPSA) is 52.8 Å². The number of nitrogens with zero attached hydrogens (tertiary/aromatic N) is 4. The molecule has 170 valence electrons. The van der Waals surface area contributed by atoms with Crippen LogP contribution < -0.4 is 4.74 Å². The number of thioether (sulfide) groups is 1. The molecule has 0 aliphatic carbocycles. The molecule has 0 amide bonds. The largest absolute Gasteiger partial charge is 0.486 e. The Kier molecular flexibility index (Phi) is 7.85. The molecule has 2 aromatic heterocycles. The molecule has 0 saturated carbocycles. The Hall–Kier alpha value is -2.61. The number of ether oxygens (including phenoxy) is 1. The maximum atomic E-state index is 6.31. The van der Waals surface area contributed by atoms with Crippen LogP contribution in [0.3, 0.4) is 0 Å². The highest BCUT2D eigenvalue weighted by molar-refractivity contribution is 7.98. The lowest BCUT2D eigenvalue weighted by atomic mass is 10.0. The van der Waals surface area contributed by atoms with Gasteiger partial charge in [-0.05, 0) is 29.7 Å². The average molecular weight is 497 g/mol. The lowest BCUT2D eigenvalue weighted by Crippen LogP contribution is -2.07. The Labute approximate surface area is 207 Å². The van der Waals surface area contributed by atoms with E-state index in [2.05, 4.69) is 48.1 Å². The highest BCUT2D eigenvalue weighted by Crippen LogP contribution is 2.32. The summed E-state index contributed by atoms with van der Waals surface area (Å²) < 4.78 is 7.99. The van der Waals surface area contributed by atoms with Crippen LogP contribution in [0.5, 0.6) is 5.75 Å². The second kappa shape index (κ2) is 11.0. The van der Waals surface area contributed by atoms with Crippen LogP contribution in [-0.4, -0.2) is 19.7 Å². The molecule has 0 fully saturated rings. The van der Waals surface area contributed by atoms with Gasteiger partial charge in [0.05, 0.1) is 10.7 Å². The maximum Gasteiger partial charge on any atom is 0.191 e. The number of thiazole rings is 1. The quantitative estimate of drug-likeness (QED) is 0.171. The maximum absolute atomic E-state index is 6.31. The van der Waals surface area contributed by atoms with Crippen molar-refractivity contribution in [2.45, 2.75) is 43.8 Å². The Morgan fingerprint density at radius 1 is 1.15 bits per heavy atom. The summed E-state index contributed by atoms with van der Waals surface area (Å²) in [6.45, 7) is 9.19. The number of benzene rings is 2. The van der Waals surface area contributed by atoms with Crippen molar-refractivity contribution in [1.29, 1.82) is 0 Å². The van der Waals surface area contributed by atoms with E-state index in [-0.39, 0.29) is 0 Å². The van der Waals surface area contributed by atoms with Crippen molar-refractivity contribution < 1.29 is 4.74 Å². The fourth-order valence-corrected chi connectivity index (χ4v) is 5.32. The van der Waals surface area contributed by atoms with Gasteiger partial charge in [0.2, 0.25) is 0 Å². The van der Waals surface area contributed by atoms with Crippen LogP contribution in [0.15, 0.2) is 71.7 Å². The highest BCUT2D eigenvalue weighted by Gasteiger charge is 2.14. The molecule has 0 unspecified atom stereocenters. The van der Waals surface area contributed by atoms with E-state index in [4.69, 9.17) is 21.3 Å². The van der Waals surface area contributed by atoms with E-state index in [9.17, 15) is 0 Å². The van der Waals surface area contributed by atoms with Crippen molar-refractivity contribution >= 4 is 34.7 Å². The fourth-order valence-electron chi connectivity index (χ4n) is 3.21. The second-order valence-corrected chi connectivity index (χ2v) is 9.93. The Balaban J connectivity index is 1.41. The molecule has 4 aromatic rings. The van der Waals surface area contributed by atoms with Gasteiger partial charge >= 0.3 is 0 Å². The van der Waals surface area contributed by atoms with E-state index in [0.29, 0.717) is 29.8 Å². The third-order valence-electron chi connectivity index (χ3n) is 5.02. The average Bonchev–Trinajstić information content (AvgIpc) is 3.44. The molecule has 0 radical (unpaired) electrons. The zero-order chi connectivity index (χ0) is 23.2. The van der Waals surface area contributed by atoms with Crippen molar-refractivity contribution in [2.75, 3.05) is 0 Å². The van der Waals surface area contributed by atoms with Crippen molar-refractivity contribution in [3.05, 3.63) is 88.7 Å². The van der Waals surface area contributed by atoms with E-state index >= 15 is 0 Å². The van der Waals surface area contributed by atoms with Crippen molar-refractivity contribution in [1.82, 2.24) is 19.7 Å². The van der Waals surface area contributed by atoms with Gasteiger partial charge in [-0.1, -0.05) is 73.6 Å². The molecule has 0 N–H and O–H groups in total. The zero-order valence-electron chi connectivity index (χ0n) is 18.6. The molecule has 0 aliphatic rings. The molecular weight excluding hydrogens is 472 g/mol. The minimum atomic E-state index is 0.343. The molecule has 2 aromatic carbocycles. The molecule has 33 heavy (non-hydrogen) atoms. The van der Waals surface area contributed by atoms with Gasteiger partial charge in [0.15, 0.2) is 11.0 Å². The van der Waals surface area contributed by atoms with Gasteiger partial charge in [-0.25, -0.2) is 4.98 Å².